The fourth-order valence-corrected chi connectivity index (χ4v) is 4.32. The zero-order valence-corrected chi connectivity index (χ0v) is 11.7. The first-order chi connectivity index (χ1) is 8.75. The maximum absolute atomic E-state index is 13.5. The van der Waals surface area contributed by atoms with E-state index in [0.29, 0.717) is 12.0 Å². The van der Waals surface area contributed by atoms with Crippen LogP contribution in [0, 0.1) is 19.7 Å². The van der Waals surface area contributed by atoms with E-state index in [0.717, 1.165) is 6.07 Å². The molecule has 0 amide bonds. The van der Waals surface area contributed by atoms with Gasteiger partial charge in [-0.1, -0.05) is 0 Å². The first-order valence-corrected chi connectivity index (χ1v) is 7.42. The first kappa shape index (κ1) is 14.2. The highest BCUT2D eigenvalue weighted by Gasteiger charge is 2.34. The zero-order chi connectivity index (χ0) is 14.4. The zero-order valence-electron chi connectivity index (χ0n) is 10.9. The van der Waals surface area contributed by atoms with Gasteiger partial charge in [-0.2, -0.15) is 4.31 Å². The van der Waals surface area contributed by atoms with Crippen LogP contribution in [0.4, 0.5) is 10.1 Å². The van der Waals surface area contributed by atoms with Crippen LogP contribution in [0.25, 0.3) is 0 Å². The Kier molecular flexibility index (Phi) is 3.55. The number of halogens is 1. The third-order valence-electron chi connectivity index (χ3n) is 3.43. The van der Waals surface area contributed by atoms with Gasteiger partial charge in [0.1, 0.15) is 5.82 Å². The molecule has 0 spiro atoms. The predicted octanol–water partition coefficient (Wildman–Crippen LogP) is 0.780. The van der Waals surface area contributed by atoms with Crippen molar-refractivity contribution in [1.82, 2.24) is 4.31 Å². The van der Waals surface area contributed by atoms with Crippen LogP contribution in [-0.2, 0) is 10.0 Å². The number of nitrogens with two attached hydrogens (primary N) is 1. The van der Waals surface area contributed by atoms with Crippen molar-refractivity contribution < 1.29 is 17.9 Å². The molecule has 19 heavy (non-hydrogen) atoms. The Balaban J connectivity index is 2.56. The largest absolute Gasteiger partial charge is 0.396 e. The lowest BCUT2D eigenvalue weighted by Gasteiger charge is -2.20. The van der Waals surface area contributed by atoms with Crippen LogP contribution in [0.15, 0.2) is 11.0 Å². The Morgan fingerprint density at radius 1 is 1.47 bits per heavy atom. The lowest BCUT2D eigenvalue weighted by atomic mass is 10.1. The number of benzene rings is 1. The monoisotopic (exact) mass is 288 g/mol. The summed E-state index contributed by atoms with van der Waals surface area (Å²) < 4.78 is 39.7. The van der Waals surface area contributed by atoms with Gasteiger partial charge in [0.05, 0.1) is 16.7 Å². The molecule has 1 fully saturated rings. The molecule has 1 aromatic carbocycles. The molecule has 1 saturated heterocycles. The standard InChI is InChI=1S/C12H17FN2O3S/c1-7-5-10(13)11(14)8(2)12(7)19(17,18)15-4-3-9(16)6-15/h5,9,16H,3-4,6,14H2,1-2H3. The highest BCUT2D eigenvalue weighted by molar-refractivity contribution is 7.89. The van der Waals surface area contributed by atoms with Gasteiger partial charge in [-0.3, -0.25) is 0 Å². The number of aliphatic hydroxyl groups excluding tert-OH is 1. The smallest absolute Gasteiger partial charge is 0.243 e. The molecule has 1 aliphatic rings. The number of aryl methyl sites for hydroxylation is 1. The van der Waals surface area contributed by atoms with Crippen LogP contribution >= 0.6 is 0 Å². The number of hydrogen-bond donors (Lipinski definition) is 2. The maximum atomic E-state index is 13.5. The van der Waals surface area contributed by atoms with E-state index in [1.54, 1.807) is 0 Å². The van der Waals surface area contributed by atoms with E-state index in [4.69, 9.17) is 5.73 Å². The molecule has 0 aromatic heterocycles. The summed E-state index contributed by atoms with van der Waals surface area (Å²) in [6.07, 6.45) is -0.234. The van der Waals surface area contributed by atoms with Crippen molar-refractivity contribution in [2.45, 2.75) is 31.3 Å². The highest BCUT2D eigenvalue weighted by atomic mass is 32.2. The summed E-state index contributed by atoms with van der Waals surface area (Å²) in [5.41, 5.74) is 5.96. The minimum atomic E-state index is -3.75. The van der Waals surface area contributed by atoms with Crippen LogP contribution in [0.3, 0.4) is 0 Å². The number of nitrogens with zero attached hydrogens (tertiary/aromatic N) is 1. The van der Waals surface area contributed by atoms with E-state index < -0.39 is 21.9 Å². The minimum Gasteiger partial charge on any atom is -0.396 e. The molecule has 0 saturated carbocycles. The fraction of sp³-hybridized carbons (Fsp3) is 0.500. The minimum absolute atomic E-state index is 0.0421. The number of sulfonamides is 1. The summed E-state index contributed by atoms with van der Waals surface area (Å²) in [6, 6.07) is 1.13. The first-order valence-electron chi connectivity index (χ1n) is 5.98. The molecule has 1 atom stereocenters. The lowest BCUT2D eigenvalue weighted by Crippen LogP contribution is -2.31. The van der Waals surface area contributed by atoms with Crippen molar-refractivity contribution in [3.8, 4) is 0 Å². The maximum Gasteiger partial charge on any atom is 0.243 e. The van der Waals surface area contributed by atoms with Crippen molar-refractivity contribution in [3.05, 3.63) is 23.0 Å². The molecule has 0 aliphatic carbocycles. The summed E-state index contributed by atoms with van der Waals surface area (Å²) in [4.78, 5) is 0.0421. The summed E-state index contributed by atoms with van der Waals surface area (Å²) in [7, 11) is -3.75. The van der Waals surface area contributed by atoms with Gasteiger partial charge in [0.25, 0.3) is 0 Å². The van der Waals surface area contributed by atoms with Gasteiger partial charge in [-0.15, -0.1) is 0 Å². The van der Waals surface area contributed by atoms with E-state index in [-0.39, 0.29) is 29.2 Å². The van der Waals surface area contributed by atoms with Crippen LogP contribution < -0.4 is 5.73 Å². The van der Waals surface area contributed by atoms with Gasteiger partial charge < -0.3 is 10.8 Å². The molecule has 7 heteroatoms. The summed E-state index contributed by atoms with van der Waals surface area (Å²) in [6.45, 7) is 3.36. The third-order valence-corrected chi connectivity index (χ3v) is 5.58. The van der Waals surface area contributed by atoms with Crippen LogP contribution in [0.1, 0.15) is 17.5 Å². The van der Waals surface area contributed by atoms with Gasteiger partial charge >= 0.3 is 0 Å². The van der Waals surface area contributed by atoms with E-state index >= 15 is 0 Å². The van der Waals surface area contributed by atoms with Crippen molar-refractivity contribution in [2.24, 2.45) is 0 Å². The molecular weight excluding hydrogens is 271 g/mol. The van der Waals surface area contributed by atoms with Crippen molar-refractivity contribution in [3.63, 3.8) is 0 Å². The van der Waals surface area contributed by atoms with E-state index in [2.05, 4.69) is 0 Å². The molecule has 0 bridgehead atoms. The van der Waals surface area contributed by atoms with Gasteiger partial charge in [0.2, 0.25) is 10.0 Å². The molecule has 1 aliphatic heterocycles. The second-order valence-electron chi connectivity index (χ2n) is 4.85. The number of anilines is 1. The Morgan fingerprint density at radius 2 is 2.11 bits per heavy atom. The molecule has 1 heterocycles. The highest BCUT2D eigenvalue weighted by Crippen LogP contribution is 2.31. The molecule has 1 aromatic rings. The molecule has 1 unspecified atom stereocenters. The average Bonchev–Trinajstić information content (AvgIpc) is 2.73. The van der Waals surface area contributed by atoms with Crippen molar-refractivity contribution in [1.29, 1.82) is 0 Å². The summed E-state index contributed by atoms with van der Waals surface area (Å²) >= 11 is 0. The Labute approximate surface area is 111 Å². The molecular formula is C12H17FN2O3S. The number of aliphatic hydroxyl groups is 1. The van der Waals surface area contributed by atoms with Gasteiger partial charge in [0, 0.05) is 13.1 Å². The molecule has 0 radical (unpaired) electrons. The summed E-state index contributed by atoms with van der Waals surface area (Å²) in [5.74, 6) is -0.615. The number of nitrogen functional groups attached to an aromatic ring is 1. The SMILES string of the molecule is Cc1cc(F)c(N)c(C)c1S(=O)(=O)N1CCC(O)C1. The molecule has 3 N–H and O–H groups in total. The molecule has 5 nitrogen and oxygen atoms in total. The third kappa shape index (κ3) is 2.33. The van der Waals surface area contributed by atoms with Gasteiger partial charge in [0.15, 0.2) is 0 Å². The Hall–Kier alpha value is -1.18. The van der Waals surface area contributed by atoms with Gasteiger partial charge in [-0.05, 0) is 37.5 Å². The number of β-amino-alcohol motifs (C(OH)–C–C–N with tert-alkyl or cyclic N) is 1. The van der Waals surface area contributed by atoms with Crippen molar-refractivity contribution >= 4 is 15.7 Å². The van der Waals surface area contributed by atoms with Crippen LogP contribution in [0.5, 0.6) is 0 Å². The van der Waals surface area contributed by atoms with E-state index in [1.807, 2.05) is 0 Å². The second-order valence-corrected chi connectivity index (χ2v) is 6.72. The fourth-order valence-electron chi connectivity index (χ4n) is 2.39. The number of hydrogen-bond acceptors (Lipinski definition) is 4. The quantitative estimate of drug-likeness (QED) is 0.788. The normalized spacial score (nSPS) is 20.9. The Morgan fingerprint density at radius 3 is 2.63 bits per heavy atom. The topological polar surface area (TPSA) is 83.6 Å². The van der Waals surface area contributed by atoms with Crippen molar-refractivity contribution in [2.75, 3.05) is 18.8 Å². The Bertz CT molecular complexity index is 616. The predicted molar refractivity (Wildman–Crippen MR) is 69.7 cm³/mol. The summed E-state index contributed by atoms with van der Waals surface area (Å²) in [5, 5.41) is 9.46. The second kappa shape index (κ2) is 4.73. The number of rotatable bonds is 2. The van der Waals surface area contributed by atoms with Crippen LogP contribution in [-0.4, -0.2) is 37.0 Å². The average molecular weight is 288 g/mol. The molecule has 2 rings (SSSR count). The molecule has 106 valence electrons. The van der Waals surface area contributed by atoms with E-state index in [9.17, 15) is 17.9 Å². The van der Waals surface area contributed by atoms with E-state index in [1.165, 1.54) is 18.2 Å². The van der Waals surface area contributed by atoms with Gasteiger partial charge in [-0.25, -0.2) is 12.8 Å². The van der Waals surface area contributed by atoms with Crippen LogP contribution in [0.2, 0.25) is 0 Å². The lowest BCUT2D eigenvalue weighted by molar-refractivity contribution is 0.189.